The second-order valence-electron chi connectivity index (χ2n) is 3.78. The standard InChI is InChI=1S/C13H14N2/c1-9-7-10(2)15-11(3)13(9)12-5-4-6-14-8-12/h4-8H,1-3H3. The van der Waals surface area contributed by atoms with E-state index in [1.54, 1.807) is 6.20 Å². The maximum absolute atomic E-state index is 4.48. The lowest BCUT2D eigenvalue weighted by Gasteiger charge is -2.09. The van der Waals surface area contributed by atoms with E-state index >= 15 is 0 Å². The van der Waals surface area contributed by atoms with E-state index in [2.05, 4.69) is 29.0 Å². The van der Waals surface area contributed by atoms with Crippen LogP contribution in [0.1, 0.15) is 17.0 Å². The van der Waals surface area contributed by atoms with Crippen LogP contribution in [-0.2, 0) is 0 Å². The molecule has 0 amide bonds. The van der Waals surface area contributed by atoms with Gasteiger partial charge in [0.2, 0.25) is 0 Å². The molecule has 0 aliphatic rings. The van der Waals surface area contributed by atoms with Gasteiger partial charge in [-0.15, -0.1) is 0 Å². The minimum Gasteiger partial charge on any atom is -0.264 e. The molecule has 0 spiro atoms. The summed E-state index contributed by atoms with van der Waals surface area (Å²) in [6, 6.07) is 6.13. The van der Waals surface area contributed by atoms with Gasteiger partial charge in [0.15, 0.2) is 0 Å². The summed E-state index contributed by atoms with van der Waals surface area (Å²) < 4.78 is 0. The molecule has 0 aromatic carbocycles. The van der Waals surface area contributed by atoms with Crippen LogP contribution in [0.5, 0.6) is 0 Å². The first-order valence-electron chi connectivity index (χ1n) is 5.03. The smallest absolute Gasteiger partial charge is 0.0457 e. The molecular weight excluding hydrogens is 184 g/mol. The van der Waals surface area contributed by atoms with E-state index in [1.807, 2.05) is 26.1 Å². The Bertz CT molecular complexity index is 452. The summed E-state index contributed by atoms with van der Waals surface area (Å²) in [5.74, 6) is 0. The topological polar surface area (TPSA) is 25.8 Å². The maximum atomic E-state index is 4.48. The number of rotatable bonds is 1. The van der Waals surface area contributed by atoms with Crippen LogP contribution in [0.4, 0.5) is 0 Å². The predicted molar refractivity (Wildman–Crippen MR) is 61.7 cm³/mol. The molecule has 0 saturated heterocycles. The van der Waals surface area contributed by atoms with Crippen molar-refractivity contribution in [1.29, 1.82) is 0 Å². The van der Waals surface area contributed by atoms with Crippen LogP contribution in [0.2, 0.25) is 0 Å². The van der Waals surface area contributed by atoms with Crippen LogP contribution >= 0.6 is 0 Å². The summed E-state index contributed by atoms with van der Waals surface area (Å²) in [6.45, 7) is 6.18. The zero-order valence-electron chi connectivity index (χ0n) is 9.28. The second kappa shape index (κ2) is 3.81. The average Bonchev–Trinajstić information content (AvgIpc) is 2.17. The Morgan fingerprint density at radius 3 is 2.53 bits per heavy atom. The van der Waals surface area contributed by atoms with Gasteiger partial charge in [-0.3, -0.25) is 9.97 Å². The molecule has 0 radical (unpaired) electrons. The zero-order valence-corrected chi connectivity index (χ0v) is 9.28. The lowest BCUT2D eigenvalue weighted by atomic mass is 10.0. The Morgan fingerprint density at radius 2 is 1.93 bits per heavy atom. The fourth-order valence-corrected chi connectivity index (χ4v) is 1.97. The molecule has 2 aromatic rings. The number of aromatic nitrogens is 2. The number of hydrogen-bond donors (Lipinski definition) is 0. The number of hydrogen-bond acceptors (Lipinski definition) is 2. The molecule has 76 valence electrons. The first kappa shape index (κ1) is 9.84. The molecule has 2 heterocycles. The van der Waals surface area contributed by atoms with Crippen molar-refractivity contribution in [3.8, 4) is 11.1 Å². The molecule has 0 unspecified atom stereocenters. The van der Waals surface area contributed by atoms with Crippen LogP contribution < -0.4 is 0 Å². The Labute approximate surface area is 90.0 Å². The van der Waals surface area contributed by atoms with Crippen molar-refractivity contribution in [3.05, 3.63) is 47.5 Å². The van der Waals surface area contributed by atoms with Gasteiger partial charge in [0.25, 0.3) is 0 Å². The van der Waals surface area contributed by atoms with E-state index < -0.39 is 0 Å². The summed E-state index contributed by atoms with van der Waals surface area (Å²) in [6.07, 6.45) is 3.67. The highest BCUT2D eigenvalue weighted by Gasteiger charge is 2.07. The molecule has 0 fully saturated rings. The monoisotopic (exact) mass is 198 g/mol. The summed E-state index contributed by atoms with van der Waals surface area (Å²) >= 11 is 0. The highest BCUT2D eigenvalue weighted by molar-refractivity contribution is 5.68. The molecule has 2 nitrogen and oxygen atoms in total. The van der Waals surface area contributed by atoms with Gasteiger partial charge in [0.05, 0.1) is 0 Å². The van der Waals surface area contributed by atoms with Gasteiger partial charge in [0.1, 0.15) is 0 Å². The molecule has 0 aliphatic heterocycles. The Hall–Kier alpha value is -1.70. The third-order valence-electron chi connectivity index (χ3n) is 2.48. The van der Waals surface area contributed by atoms with Crippen molar-refractivity contribution < 1.29 is 0 Å². The first-order valence-corrected chi connectivity index (χ1v) is 5.03. The van der Waals surface area contributed by atoms with E-state index in [0.717, 1.165) is 17.0 Å². The van der Waals surface area contributed by atoms with Crippen molar-refractivity contribution in [2.45, 2.75) is 20.8 Å². The molecule has 0 atom stereocenters. The Morgan fingerprint density at radius 1 is 1.13 bits per heavy atom. The van der Waals surface area contributed by atoms with E-state index in [1.165, 1.54) is 11.1 Å². The minimum absolute atomic E-state index is 1.07. The normalized spacial score (nSPS) is 10.3. The number of nitrogens with zero attached hydrogens (tertiary/aromatic N) is 2. The van der Waals surface area contributed by atoms with E-state index in [-0.39, 0.29) is 0 Å². The van der Waals surface area contributed by atoms with Crippen molar-refractivity contribution in [3.63, 3.8) is 0 Å². The summed E-state index contributed by atoms with van der Waals surface area (Å²) in [4.78, 5) is 8.62. The SMILES string of the molecule is Cc1cc(C)c(-c2cccnc2)c(C)n1. The third-order valence-corrected chi connectivity index (χ3v) is 2.48. The third kappa shape index (κ3) is 1.89. The minimum atomic E-state index is 1.07. The van der Waals surface area contributed by atoms with E-state index in [4.69, 9.17) is 0 Å². The molecule has 15 heavy (non-hydrogen) atoms. The maximum Gasteiger partial charge on any atom is 0.0457 e. The highest BCUT2D eigenvalue weighted by Crippen LogP contribution is 2.25. The van der Waals surface area contributed by atoms with Gasteiger partial charge in [-0.25, -0.2) is 0 Å². The molecule has 0 aliphatic carbocycles. The van der Waals surface area contributed by atoms with Gasteiger partial charge >= 0.3 is 0 Å². The quantitative estimate of drug-likeness (QED) is 0.703. The molecule has 2 heteroatoms. The second-order valence-corrected chi connectivity index (χ2v) is 3.78. The van der Waals surface area contributed by atoms with Crippen molar-refractivity contribution in [2.24, 2.45) is 0 Å². The van der Waals surface area contributed by atoms with Gasteiger partial charge in [-0.05, 0) is 38.5 Å². The number of aryl methyl sites for hydroxylation is 3. The lowest BCUT2D eigenvalue weighted by molar-refractivity contribution is 1.11. The van der Waals surface area contributed by atoms with Gasteiger partial charge in [-0.1, -0.05) is 6.07 Å². The summed E-state index contributed by atoms with van der Waals surface area (Å²) in [5, 5.41) is 0. The van der Waals surface area contributed by atoms with Gasteiger partial charge in [0, 0.05) is 34.9 Å². The molecule has 2 rings (SSSR count). The van der Waals surface area contributed by atoms with Crippen molar-refractivity contribution >= 4 is 0 Å². The largest absolute Gasteiger partial charge is 0.264 e. The lowest BCUT2D eigenvalue weighted by Crippen LogP contribution is -1.94. The molecule has 2 aromatic heterocycles. The fourth-order valence-electron chi connectivity index (χ4n) is 1.97. The number of pyridine rings is 2. The zero-order chi connectivity index (χ0) is 10.8. The first-order chi connectivity index (χ1) is 7.18. The van der Waals surface area contributed by atoms with Crippen LogP contribution in [0.15, 0.2) is 30.6 Å². The summed E-state index contributed by atoms with van der Waals surface area (Å²) in [7, 11) is 0. The molecule has 0 saturated carbocycles. The Kier molecular flexibility index (Phi) is 2.50. The molecule has 0 N–H and O–H groups in total. The fraction of sp³-hybridized carbons (Fsp3) is 0.231. The van der Waals surface area contributed by atoms with Crippen LogP contribution in [-0.4, -0.2) is 9.97 Å². The van der Waals surface area contributed by atoms with Gasteiger partial charge in [-0.2, -0.15) is 0 Å². The van der Waals surface area contributed by atoms with E-state index in [9.17, 15) is 0 Å². The van der Waals surface area contributed by atoms with E-state index in [0.29, 0.717) is 0 Å². The molecule has 0 bridgehead atoms. The molecular formula is C13H14N2. The highest BCUT2D eigenvalue weighted by atomic mass is 14.7. The Balaban J connectivity index is 2.64. The van der Waals surface area contributed by atoms with Gasteiger partial charge < -0.3 is 0 Å². The van der Waals surface area contributed by atoms with Crippen LogP contribution in [0, 0.1) is 20.8 Å². The summed E-state index contributed by atoms with van der Waals surface area (Å²) in [5.41, 5.74) is 5.74. The average molecular weight is 198 g/mol. The predicted octanol–water partition coefficient (Wildman–Crippen LogP) is 3.07. The van der Waals surface area contributed by atoms with Crippen LogP contribution in [0.25, 0.3) is 11.1 Å². The van der Waals surface area contributed by atoms with Crippen molar-refractivity contribution in [1.82, 2.24) is 9.97 Å². The van der Waals surface area contributed by atoms with Crippen LogP contribution in [0.3, 0.4) is 0 Å². The van der Waals surface area contributed by atoms with Crippen molar-refractivity contribution in [2.75, 3.05) is 0 Å².